The third-order valence-electron chi connectivity index (χ3n) is 2.29. The number of aromatic nitrogens is 2. The van der Waals surface area contributed by atoms with Crippen molar-refractivity contribution in [1.29, 1.82) is 0 Å². The van der Waals surface area contributed by atoms with E-state index >= 15 is 0 Å². The van der Waals surface area contributed by atoms with Gasteiger partial charge in [0.15, 0.2) is 5.03 Å². The average molecular weight is 290 g/mol. The molecule has 2 aromatic rings. The Bertz CT molecular complexity index is 684. The van der Waals surface area contributed by atoms with E-state index in [9.17, 15) is 12.8 Å². The molecule has 0 saturated carbocycles. The third kappa shape index (κ3) is 2.24. The summed E-state index contributed by atoms with van der Waals surface area (Å²) >= 11 is 5.64. The summed E-state index contributed by atoms with van der Waals surface area (Å²) < 4.78 is 40.3. The van der Waals surface area contributed by atoms with Gasteiger partial charge in [0.25, 0.3) is 10.0 Å². The van der Waals surface area contributed by atoms with Gasteiger partial charge in [0.05, 0.1) is 6.20 Å². The topological polar surface area (TPSA) is 64.0 Å². The Hall–Kier alpha value is -1.44. The van der Waals surface area contributed by atoms with Crippen LogP contribution >= 0.6 is 11.6 Å². The van der Waals surface area contributed by atoms with Gasteiger partial charge in [-0.15, -0.1) is 0 Å². The Kier molecular flexibility index (Phi) is 3.38. The van der Waals surface area contributed by atoms with Crippen LogP contribution in [0.2, 0.25) is 5.02 Å². The van der Waals surface area contributed by atoms with Crippen molar-refractivity contribution in [3.8, 4) is 5.69 Å². The molecule has 18 heavy (non-hydrogen) atoms. The van der Waals surface area contributed by atoms with Crippen LogP contribution in [0.3, 0.4) is 0 Å². The highest BCUT2D eigenvalue weighted by molar-refractivity contribution is 7.89. The summed E-state index contributed by atoms with van der Waals surface area (Å²) in [4.78, 5) is 0. The molecule has 1 aromatic carbocycles. The van der Waals surface area contributed by atoms with E-state index < -0.39 is 15.8 Å². The van der Waals surface area contributed by atoms with E-state index in [0.717, 1.165) is 10.7 Å². The van der Waals surface area contributed by atoms with E-state index in [1.165, 1.54) is 31.4 Å². The molecule has 0 fully saturated rings. The van der Waals surface area contributed by atoms with Crippen LogP contribution < -0.4 is 4.72 Å². The molecule has 1 N–H and O–H groups in total. The highest BCUT2D eigenvalue weighted by Crippen LogP contribution is 2.20. The molecule has 8 heteroatoms. The molecular weight excluding hydrogens is 281 g/mol. The lowest BCUT2D eigenvalue weighted by molar-refractivity contribution is 0.570. The summed E-state index contributed by atoms with van der Waals surface area (Å²) in [6.45, 7) is 0. The molecule has 1 heterocycles. The summed E-state index contributed by atoms with van der Waals surface area (Å²) in [7, 11) is -2.44. The van der Waals surface area contributed by atoms with Crippen LogP contribution in [-0.4, -0.2) is 25.2 Å². The van der Waals surface area contributed by atoms with Gasteiger partial charge in [-0.05, 0) is 31.3 Å². The summed E-state index contributed by atoms with van der Waals surface area (Å²) in [6, 6.07) is 5.19. The van der Waals surface area contributed by atoms with Crippen molar-refractivity contribution < 1.29 is 12.8 Å². The molecule has 0 unspecified atom stereocenters. The second kappa shape index (κ2) is 4.68. The van der Waals surface area contributed by atoms with Crippen molar-refractivity contribution in [2.24, 2.45) is 0 Å². The fourth-order valence-corrected chi connectivity index (χ4v) is 2.41. The molecule has 1 aromatic heterocycles. The Morgan fingerprint density at radius 2 is 2.11 bits per heavy atom. The minimum absolute atomic E-state index is 0.0122. The second-order valence-corrected chi connectivity index (χ2v) is 5.65. The molecule has 0 saturated heterocycles. The van der Waals surface area contributed by atoms with Crippen molar-refractivity contribution in [2.45, 2.75) is 5.03 Å². The summed E-state index contributed by atoms with van der Waals surface area (Å²) in [5.41, 5.74) is 0.0122. The minimum Gasteiger partial charge on any atom is -0.218 e. The number of benzene rings is 1. The zero-order valence-corrected chi connectivity index (χ0v) is 10.8. The van der Waals surface area contributed by atoms with Gasteiger partial charge in [-0.25, -0.2) is 22.2 Å². The van der Waals surface area contributed by atoms with Gasteiger partial charge in [0, 0.05) is 5.02 Å². The van der Waals surface area contributed by atoms with Gasteiger partial charge in [0.1, 0.15) is 11.5 Å². The first-order valence-corrected chi connectivity index (χ1v) is 6.75. The zero-order valence-electron chi connectivity index (χ0n) is 9.26. The molecule has 0 amide bonds. The average Bonchev–Trinajstić information content (AvgIpc) is 2.78. The lowest BCUT2D eigenvalue weighted by Crippen LogP contribution is -2.22. The van der Waals surface area contributed by atoms with E-state index in [-0.39, 0.29) is 15.7 Å². The van der Waals surface area contributed by atoms with Crippen molar-refractivity contribution in [3.63, 3.8) is 0 Å². The quantitative estimate of drug-likeness (QED) is 0.933. The number of hydrogen-bond donors (Lipinski definition) is 1. The summed E-state index contributed by atoms with van der Waals surface area (Å²) in [6.07, 6.45) is 1.28. The predicted molar refractivity (Wildman–Crippen MR) is 64.8 cm³/mol. The molecule has 5 nitrogen and oxygen atoms in total. The minimum atomic E-state index is -3.71. The first-order chi connectivity index (χ1) is 8.45. The molecule has 0 bridgehead atoms. The highest BCUT2D eigenvalue weighted by atomic mass is 35.5. The fraction of sp³-hybridized carbons (Fsp3) is 0.100. The molecule has 96 valence electrons. The first-order valence-electron chi connectivity index (χ1n) is 4.89. The SMILES string of the molecule is CNS(=O)(=O)c1ccnn1-c1ccc(Cl)cc1F. The van der Waals surface area contributed by atoms with E-state index in [2.05, 4.69) is 9.82 Å². The molecule has 0 aliphatic heterocycles. The molecular formula is C10H9ClFN3O2S. The normalized spacial score (nSPS) is 11.7. The lowest BCUT2D eigenvalue weighted by Gasteiger charge is -2.08. The van der Waals surface area contributed by atoms with Crippen LogP contribution in [0.4, 0.5) is 4.39 Å². The van der Waals surface area contributed by atoms with Crippen LogP contribution in [0.5, 0.6) is 0 Å². The fourth-order valence-electron chi connectivity index (χ4n) is 1.43. The Balaban J connectivity index is 2.63. The van der Waals surface area contributed by atoms with Crippen molar-refractivity contribution >= 4 is 21.6 Å². The molecule has 0 aliphatic rings. The first kappa shape index (κ1) is 13.0. The molecule has 0 radical (unpaired) electrons. The highest BCUT2D eigenvalue weighted by Gasteiger charge is 2.20. The van der Waals surface area contributed by atoms with Crippen molar-refractivity contribution in [3.05, 3.63) is 41.3 Å². The smallest absolute Gasteiger partial charge is 0.218 e. The monoisotopic (exact) mass is 289 g/mol. The van der Waals surface area contributed by atoms with E-state index in [4.69, 9.17) is 11.6 Å². The molecule has 2 rings (SSSR count). The van der Waals surface area contributed by atoms with Gasteiger partial charge in [-0.2, -0.15) is 5.10 Å². The van der Waals surface area contributed by atoms with Gasteiger partial charge >= 0.3 is 0 Å². The molecule has 0 aliphatic carbocycles. The standard InChI is InChI=1S/C10H9ClFN3O2S/c1-13-18(16,17)10-4-5-14-15(10)9-3-2-7(11)6-8(9)12/h2-6,13H,1H3. The Morgan fingerprint density at radius 3 is 2.72 bits per heavy atom. The van der Waals surface area contributed by atoms with Crippen LogP contribution in [0.15, 0.2) is 35.5 Å². The van der Waals surface area contributed by atoms with Crippen molar-refractivity contribution in [1.82, 2.24) is 14.5 Å². The van der Waals surface area contributed by atoms with Gasteiger partial charge in [-0.1, -0.05) is 11.6 Å². The maximum absolute atomic E-state index is 13.7. The maximum atomic E-state index is 13.7. The van der Waals surface area contributed by atoms with E-state index in [0.29, 0.717) is 0 Å². The summed E-state index contributed by atoms with van der Waals surface area (Å²) in [5.74, 6) is -0.654. The van der Waals surface area contributed by atoms with Gasteiger partial charge < -0.3 is 0 Å². The number of rotatable bonds is 3. The number of nitrogens with one attached hydrogen (secondary N) is 1. The zero-order chi connectivity index (χ0) is 13.3. The predicted octanol–water partition coefficient (Wildman–Crippen LogP) is 1.57. The second-order valence-electron chi connectivity index (χ2n) is 3.38. The largest absolute Gasteiger partial charge is 0.257 e. The van der Waals surface area contributed by atoms with Gasteiger partial charge in [-0.3, -0.25) is 0 Å². The molecule has 0 spiro atoms. The molecule has 0 atom stereocenters. The van der Waals surface area contributed by atoms with Gasteiger partial charge in [0.2, 0.25) is 0 Å². The van der Waals surface area contributed by atoms with Crippen LogP contribution in [0.1, 0.15) is 0 Å². The number of hydrogen-bond acceptors (Lipinski definition) is 3. The Morgan fingerprint density at radius 1 is 1.39 bits per heavy atom. The lowest BCUT2D eigenvalue weighted by atomic mass is 10.3. The maximum Gasteiger partial charge on any atom is 0.257 e. The van der Waals surface area contributed by atoms with Crippen LogP contribution in [0.25, 0.3) is 5.69 Å². The third-order valence-corrected chi connectivity index (χ3v) is 3.92. The summed E-state index contributed by atoms with van der Waals surface area (Å²) in [5, 5.41) is 3.88. The van der Waals surface area contributed by atoms with E-state index in [1.807, 2.05) is 0 Å². The number of halogens is 2. The van der Waals surface area contributed by atoms with Crippen LogP contribution in [0, 0.1) is 5.82 Å². The number of nitrogens with zero attached hydrogens (tertiary/aromatic N) is 2. The van der Waals surface area contributed by atoms with E-state index in [1.54, 1.807) is 0 Å². The Labute approximate surface area is 108 Å². The van der Waals surface area contributed by atoms with Crippen molar-refractivity contribution in [2.75, 3.05) is 7.05 Å². The number of sulfonamides is 1. The van der Waals surface area contributed by atoms with Crippen LogP contribution in [-0.2, 0) is 10.0 Å².